The standard InChI is InChI=1S/C17H15BrCl2N2O2/c1-10(14-7-6-13(19)8-15(14)20)22-16(23)9-21-17(24)11-2-4-12(18)5-3-11/h2-8,10H,9H2,1H3,(H,21,24)(H,22,23). The predicted octanol–water partition coefficient (Wildman–Crippen LogP) is 4.36. The van der Waals surface area contributed by atoms with Gasteiger partial charge in [-0.2, -0.15) is 0 Å². The number of amides is 2. The van der Waals surface area contributed by atoms with Crippen LogP contribution < -0.4 is 10.6 Å². The average molecular weight is 430 g/mol. The van der Waals surface area contributed by atoms with Gasteiger partial charge in [0, 0.05) is 20.1 Å². The van der Waals surface area contributed by atoms with Crippen molar-refractivity contribution in [1.82, 2.24) is 10.6 Å². The molecule has 0 spiro atoms. The molecular weight excluding hydrogens is 415 g/mol. The Kier molecular flexibility index (Phi) is 6.66. The Morgan fingerprint density at radius 1 is 1.12 bits per heavy atom. The third-order valence-electron chi connectivity index (χ3n) is 3.32. The summed E-state index contributed by atoms with van der Waals surface area (Å²) in [6.45, 7) is 1.69. The molecule has 0 aliphatic heterocycles. The molecule has 0 heterocycles. The Bertz CT molecular complexity index is 751. The molecular formula is C17H15BrCl2N2O2. The summed E-state index contributed by atoms with van der Waals surface area (Å²) in [6, 6.07) is 11.7. The van der Waals surface area contributed by atoms with E-state index >= 15 is 0 Å². The minimum Gasteiger partial charge on any atom is -0.348 e. The van der Waals surface area contributed by atoms with Gasteiger partial charge in [0.15, 0.2) is 0 Å². The van der Waals surface area contributed by atoms with E-state index in [2.05, 4.69) is 26.6 Å². The van der Waals surface area contributed by atoms with Crippen LogP contribution >= 0.6 is 39.1 Å². The molecule has 2 rings (SSSR count). The SMILES string of the molecule is CC(NC(=O)CNC(=O)c1ccc(Br)cc1)c1ccc(Cl)cc1Cl. The number of rotatable bonds is 5. The van der Waals surface area contributed by atoms with E-state index in [1.54, 1.807) is 42.5 Å². The number of benzene rings is 2. The summed E-state index contributed by atoms with van der Waals surface area (Å²) >= 11 is 15.3. The number of carbonyl (C=O) groups is 2. The third kappa shape index (κ3) is 5.23. The number of hydrogen-bond donors (Lipinski definition) is 2. The summed E-state index contributed by atoms with van der Waals surface area (Å²) < 4.78 is 0.880. The molecule has 0 saturated heterocycles. The van der Waals surface area contributed by atoms with Gasteiger partial charge < -0.3 is 10.6 Å². The van der Waals surface area contributed by atoms with Crippen molar-refractivity contribution in [2.45, 2.75) is 13.0 Å². The van der Waals surface area contributed by atoms with Crippen LogP contribution in [0.5, 0.6) is 0 Å². The first-order chi connectivity index (χ1) is 11.4. The molecule has 4 nitrogen and oxygen atoms in total. The lowest BCUT2D eigenvalue weighted by molar-refractivity contribution is -0.120. The van der Waals surface area contributed by atoms with E-state index in [1.165, 1.54) is 0 Å². The molecule has 0 aliphatic rings. The van der Waals surface area contributed by atoms with Gasteiger partial charge in [0.25, 0.3) is 5.91 Å². The minimum absolute atomic E-state index is 0.121. The molecule has 7 heteroatoms. The van der Waals surface area contributed by atoms with Crippen LogP contribution in [0.4, 0.5) is 0 Å². The van der Waals surface area contributed by atoms with Crippen molar-refractivity contribution in [3.63, 3.8) is 0 Å². The molecule has 2 aromatic rings. The fourth-order valence-electron chi connectivity index (χ4n) is 2.09. The largest absolute Gasteiger partial charge is 0.348 e. The fraction of sp³-hybridized carbons (Fsp3) is 0.176. The highest BCUT2D eigenvalue weighted by Crippen LogP contribution is 2.25. The van der Waals surface area contributed by atoms with Crippen LogP contribution in [-0.2, 0) is 4.79 Å². The summed E-state index contributed by atoms with van der Waals surface area (Å²) in [5, 5.41) is 6.37. The normalized spacial score (nSPS) is 11.7. The Morgan fingerprint density at radius 2 is 1.79 bits per heavy atom. The smallest absolute Gasteiger partial charge is 0.251 e. The van der Waals surface area contributed by atoms with Crippen molar-refractivity contribution in [2.24, 2.45) is 0 Å². The summed E-state index contributed by atoms with van der Waals surface area (Å²) in [5.41, 5.74) is 1.24. The van der Waals surface area contributed by atoms with Crippen LogP contribution in [-0.4, -0.2) is 18.4 Å². The van der Waals surface area contributed by atoms with Crippen LogP contribution in [0.2, 0.25) is 10.0 Å². The summed E-state index contributed by atoms with van der Waals surface area (Å²) in [7, 11) is 0. The number of halogens is 3. The molecule has 0 radical (unpaired) electrons. The maximum atomic E-state index is 12.0. The van der Waals surface area contributed by atoms with Crippen molar-refractivity contribution in [3.05, 3.63) is 68.1 Å². The van der Waals surface area contributed by atoms with Crippen molar-refractivity contribution >= 4 is 50.9 Å². The number of nitrogens with one attached hydrogen (secondary N) is 2. The number of carbonyl (C=O) groups excluding carboxylic acids is 2. The van der Waals surface area contributed by atoms with E-state index in [4.69, 9.17) is 23.2 Å². The lowest BCUT2D eigenvalue weighted by Gasteiger charge is -2.16. The highest BCUT2D eigenvalue weighted by molar-refractivity contribution is 9.10. The van der Waals surface area contributed by atoms with Gasteiger partial charge in [-0.3, -0.25) is 9.59 Å². The average Bonchev–Trinajstić information content (AvgIpc) is 2.53. The summed E-state index contributed by atoms with van der Waals surface area (Å²) in [5.74, 6) is -0.617. The van der Waals surface area contributed by atoms with Crippen LogP contribution in [0.3, 0.4) is 0 Å². The second-order valence-electron chi connectivity index (χ2n) is 5.14. The lowest BCUT2D eigenvalue weighted by Crippen LogP contribution is -2.38. The molecule has 0 saturated carbocycles. The molecule has 0 aromatic heterocycles. The van der Waals surface area contributed by atoms with E-state index in [0.29, 0.717) is 15.6 Å². The van der Waals surface area contributed by atoms with Crippen LogP contribution in [0.15, 0.2) is 46.9 Å². The zero-order valence-electron chi connectivity index (χ0n) is 12.8. The third-order valence-corrected chi connectivity index (χ3v) is 4.41. The first-order valence-corrected chi connectivity index (χ1v) is 8.70. The molecule has 0 aliphatic carbocycles. The number of hydrogen-bond acceptors (Lipinski definition) is 2. The molecule has 24 heavy (non-hydrogen) atoms. The topological polar surface area (TPSA) is 58.2 Å². The van der Waals surface area contributed by atoms with Gasteiger partial charge in [-0.15, -0.1) is 0 Å². The van der Waals surface area contributed by atoms with E-state index in [0.717, 1.165) is 10.0 Å². The predicted molar refractivity (Wildman–Crippen MR) is 99.5 cm³/mol. The van der Waals surface area contributed by atoms with E-state index in [-0.39, 0.29) is 24.4 Å². The Balaban J connectivity index is 1.88. The second-order valence-corrected chi connectivity index (χ2v) is 6.90. The Hall–Kier alpha value is -1.56. The first kappa shape index (κ1) is 18.8. The molecule has 1 unspecified atom stereocenters. The van der Waals surface area contributed by atoms with E-state index in [1.807, 2.05) is 6.92 Å². The molecule has 2 N–H and O–H groups in total. The monoisotopic (exact) mass is 428 g/mol. The van der Waals surface area contributed by atoms with Crippen LogP contribution in [0, 0.1) is 0 Å². The second kappa shape index (κ2) is 8.51. The molecule has 0 bridgehead atoms. The van der Waals surface area contributed by atoms with Crippen molar-refractivity contribution in [3.8, 4) is 0 Å². The van der Waals surface area contributed by atoms with Gasteiger partial charge in [0.05, 0.1) is 12.6 Å². The summed E-state index contributed by atoms with van der Waals surface area (Å²) in [6.07, 6.45) is 0. The van der Waals surface area contributed by atoms with E-state index in [9.17, 15) is 9.59 Å². The Labute approximate surface area is 158 Å². The maximum absolute atomic E-state index is 12.0. The van der Waals surface area contributed by atoms with Crippen LogP contribution in [0.25, 0.3) is 0 Å². The quantitative estimate of drug-likeness (QED) is 0.741. The molecule has 1 atom stereocenters. The van der Waals surface area contributed by atoms with Gasteiger partial charge in [-0.1, -0.05) is 45.2 Å². The van der Waals surface area contributed by atoms with Crippen LogP contribution in [0.1, 0.15) is 28.9 Å². The molecule has 2 aromatic carbocycles. The summed E-state index contributed by atoms with van der Waals surface area (Å²) in [4.78, 5) is 24.0. The highest BCUT2D eigenvalue weighted by atomic mass is 79.9. The van der Waals surface area contributed by atoms with Gasteiger partial charge >= 0.3 is 0 Å². The lowest BCUT2D eigenvalue weighted by atomic mass is 10.1. The first-order valence-electron chi connectivity index (χ1n) is 7.15. The van der Waals surface area contributed by atoms with Crippen molar-refractivity contribution < 1.29 is 9.59 Å². The fourth-order valence-corrected chi connectivity index (χ4v) is 2.92. The van der Waals surface area contributed by atoms with Gasteiger partial charge in [-0.05, 0) is 48.9 Å². The van der Waals surface area contributed by atoms with Crippen molar-refractivity contribution in [2.75, 3.05) is 6.54 Å². The molecule has 0 fully saturated rings. The van der Waals surface area contributed by atoms with E-state index < -0.39 is 0 Å². The molecule has 2 amide bonds. The minimum atomic E-state index is -0.310. The highest BCUT2D eigenvalue weighted by Gasteiger charge is 2.14. The van der Waals surface area contributed by atoms with Gasteiger partial charge in [0.1, 0.15) is 0 Å². The maximum Gasteiger partial charge on any atom is 0.251 e. The van der Waals surface area contributed by atoms with Gasteiger partial charge in [0.2, 0.25) is 5.91 Å². The van der Waals surface area contributed by atoms with Crippen molar-refractivity contribution in [1.29, 1.82) is 0 Å². The zero-order chi connectivity index (χ0) is 17.7. The molecule has 126 valence electrons. The zero-order valence-corrected chi connectivity index (χ0v) is 15.9. The Morgan fingerprint density at radius 3 is 2.42 bits per heavy atom. The van der Waals surface area contributed by atoms with Gasteiger partial charge in [-0.25, -0.2) is 0 Å².